The summed E-state index contributed by atoms with van der Waals surface area (Å²) in [6, 6.07) is 16.5. The van der Waals surface area contributed by atoms with Gasteiger partial charge < -0.3 is 29.2 Å². The molecule has 0 heterocycles. The molecule has 10 heteroatoms. The second-order valence-corrected chi connectivity index (χ2v) is 8.92. The van der Waals surface area contributed by atoms with Gasteiger partial charge in [0, 0.05) is 22.3 Å². The summed E-state index contributed by atoms with van der Waals surface area (Å²) in [7, 11) is 5.39. The average Bonchev–Trinajstić information content (AvgIpc) is 3.01. The SMILES string of the molecule is COc1cc(-c2cc(OC)c(C(=O)C(=O)c3cccc(O)c3)cc2OC)c(OC)cc1C(=O)C(=O)c1cccc(O)c1. The first-order valence-corrected chi connectivity index (χ1v) is 12.4. The number of ether oxygens (including phenoxy) is 4. The van der Waals surface area contributed by atoms with E-state index in [2.05, 4.69) is 0 Å². The molecule has 0 saturated carbocycles. The highest BCUT2D eigenvalue weighted by Crippen LogP contribution is 2.43. The van der Waals surface area contributed by atoms with Gasteiger partial charge in [-0.2, -0.15) is 0 Å². The van der Waals surface area contributed by atoms with Gasteiger partial charge in [-0.25, -0.2) is 0 Å². The Morgan fingerprint density at radius 2 is 0.833 bits per heavy atom. The number of Topliss-reactive ketones (excluding diaryl/α,β-unsaturated/α-hetero) is 4. The Bertz CT molecular complexity index is 1590. The summed E-state index contributed by atoms with van der Waals surface area (Å²) in [6.45, 7) is 0. The minimum Gasteiger partial charge on any atom is -0.508 e. The zero-order chi connectivity index (χ0) is 30.6. The lowest BCUT2D eigenvalue weighted by molar-refractivity contribution is 0.0814. The number of rotatable bonds is 11. The summed E-state index contributed by atoms with van der Waals surface area (Å²) < 4.78 is 22.0. The van der Waals surface area contributed by atoms with E-state index in [1.54, 1.807) is 0 Å². The van der Waals surface area contributed by atoms with Gasteiger partial charge in [-0.1, -0.05) is 24.3 Å². The molecule has 0 aliphatic heterocycles. The third-order valence-corrected chi connectivity index (χ3v) is 6.45. The van der Waals surface area contributed by atoms with Crippen molar-refractivity contribution in [1.82, 2.24) is 0 Å². The van der Waals surface area contributed by atoms with Crippen molar-refractivity contribution in [3.63, 3.8) is 0 Å². The number of carbonyl (C=O) groups excluding carboxylic acids is 4. The third-order valence-electron chi connectivity index (χ3n) is 6.45. The molecule has 4 aromatic rings. The van der Waals surface area contributed by atoms with Gasteiger partial charge in [0.2, 0.25) is 23.1 Å². The van der Waals surface area contributed by atoms with Crippen LogP contribution < -0.4 is 18.9 Å². The maximum Gasteiger partial charge on any atom is 0.237 e. The second-order valence-electron chi connectivity index (χ2n) is 8.92. The fraction of sp³-hybridized carbons (Fsp3) is 0.125. The number of hydrogen-bond acceptors (Lipinski definition) is 10. The largest absolute Gasteiger partial charge is 0.508 e. The Labute approximate surface area is 240 Å². The van der Waals surface area contributed by atoms with E-state index in [0.717, 1.165) is 0 Å². The van der Waals surface area contributed by atoms with Crippen LogP contribution in [-0.4, -0.2) is 61.8 Å². The smallest absolute Gasteiger partial charge is 0.237 e. The Hall–Kier alpha value is -5.64. The van der Waals surface area contributed by atoms with Crippen LogP contribution >= 0.6 is 0 Å². The van der Waals surface area contributed by atoms with E-state index in [1.165, 1.54) is 101 Å². The summed E-state index contributed by atoms with van der Waals surface area (Å²) >= 11 is 0. The molecule has 214 valence electrons. The predicted molar refractivity (Wildman–Crippen MR) is 152 cm³/mol. The minimum atomic E-state index is -0.891. The quantitative estimate of drug-likeness (QED) is 0.188. The van der Waals surface area contributed by atoms with Crippen LogP contribution in [0.25, 0.3) is 11.1 Å². The third kappa shape index (κ3) is 5.64. The highest BCUT2D eigenvalue weighted by atomic mass is 16.5. The highest BCUT2D eigenvalue weighted by molar-refractivity contribution is 6.50. The molecule has 0 aliphatic rings. The van der Waals surface area contributed by atoms with Crippen molar-refractivity contribution < 1.29 is 48.3 Å². The monoisotopic (exact) mass is 570 g/mol. The molecular formula is C32H26O10. The fourth-order valence-electron chi connectivity index (χ4n) is 4.37. The van der Waals surface area contributed by atoms with Crippen LogP contribution in [0.15, 0.2) is 72.8 Å². The normalized spacial score (nSPS) is 10.5. The van der Waals surface area contributed by atoms with Crippen molar-refractivity contribution in [2.24, 2.45) is 0 Å². The van der Waals surface area contributed by atoms with E-state index in [9.17, 15) is 29.4 Å². The summed E-state index contributed by atoms with van der Waals surface area (Å²) in [4.78, 5) is 52.2. The fourth-order valence-corrected chi connectivity index (χ4v) is 4.37. The van der Waals surface area contributed by atoms with Gasteiger partial charge in [0.25, 0.3) is 0 Å². The van der Waals surface area contributed by atoms with E-state index >= 15 is 0 Å². The Kier molecular flexibility index (Phi) is 8.56. The molecular weight excluding hydrogens is 544 g/mol. The zero-order valence-electron chi connectivity index (χ0n) is 23.1. The summed E-state index contributed by atoms with van der Waals surface area (Å²) in [6.07, 6.45) is 0. The van der Waals surface area contributed by atoms with E-state index in [1.807, 2.05) is 0 Å². The minimum absolute atomic E-state index is 0.00276. The maximum atomic E-state index is 13.2. The molecule has 4 aromatic carbocycles. The highest BCUT2D eigenvalue weighted by Gasteiger charge is 2.28. The van der Waals surface area contributed by atoms with E-state index in [4.69, 9.17) is 18.9 Å². The lowest BCUT2D eigenvalue weighted by atomic mass is 9.93. The summed E-state index contributed by atoms with van der Waals surface area (Å²) in [5.74, 6) is -3.42. The standard InChI is InChI=1S/C32H26O10/c1-39-25-15-23(31(37)29(35)17-7-5-9-19(33)11-17)27(41-3)13-21(25)22-14-28(42-4)24(16-26(22)40-2)32(38)30(36)18-8-6-10-20(34)12-18/h5-16,33-34H,1-4H3. The van der Waals surface area contributed by atoms with Crippen molar-refractivity contribution in [2.45, 2.75) is 0 Å². The van der Waals surface area contributed by atoms with Crippen LogP contribution in [0.1, 0.15) is 41.4 Å². The molecule has 0 spiro atoms. The molecule has 0 aliphatic carbocycles. The van der Waals surface area contributed by atoms with E-state index < -0.39 is 23.1 Å². The van der Waals surface area contributed by atoms with Crippen LogP contribution in [0.5, 0.6) is 34.5 Å². The lowest BCUT2D eigenvalue weighted by Crippen LogP contribution is -2.16. The van der Waals surface area contributed by atoms with Gasteiger partial charge in [0.1, 0.15) is 34.5 Å². The number of aromatic hydroxyl groups is 2. The van der Waals surface area contributed by atoms with Crippen LogP contribution in [0.3, 0.4) is 0 Å². The van der Waals surface area contributed by atoms with Gasteiger partial charge in [-0.05, 0) is 48.5 Å². The van der Waals surface area contributed by atoms with Crippen LogP contribution in [-0.2, 0) is 0 Å². The Morgan fingerprint density at radius 1 is 0.476 bits per heavy atom. The Balaban J connectivity index is 1.81. The van der Waals surface area contributed by atoms with Crippen molar-refractivity contribution in [1.29, 1.82) is 0 Å². The van der Waals surface area contributed by atoms with E-state index in [-0.39, 0.29) is 56.8 Å². The molecule has 4 rings (SSSR count). The number of benzene rings is 4. The number of methoxy groups -OCH3 is 4. The van der Waals surface area contributed by atoms with E-state index in [0.29, 0.717) is 11.1 Å². The van der Waals surface area contributed by atoms with Crippen LogP contribution in [0.4, 0.5) is 0 Å². The van der Waals surface area contributed by atoms with Gasteiger partial charge >= 0.3 is 0 Å². The first kappa shape index (κ1) is 29.3. The number of phenols is 2. The molecule has 0 saturated heterocycles. The van der Waals surface area contributed by atoms with Crippen molar-refractivity contribution in [3.8, 4) is 45.6 Å². The number of ketones is 4. The number of carbonyl (C=O) groups is 4. The summed E-state index contributed by atoms with van der Waals surface area (Å²) in [5.41, 5.74) is 0.559. The predicted octanol–water partition coefficient (Wildman–Crippen LogP) is 4.93. The number of hydrogen-bond donors (Lipinski definition) is 2. The van der Waals surface area contributed by atoms with Crippen LogP contribution in [0, 0.1) is 0 Å². The maximum absolute atomic E-state index is 13.2. The molecule has 42 heavy (non-hydrogen) atoms. The zero-order valence-corrected chi connectivity index (χ0v) is 23.1. The molecule has 0 radical (unpaired) electrons. The van der Waals surface area contributed by atoms with Crippen molar-refractivity contribution in [3.05, 3.63) is 95.1 Å². The Morgan fingerprint density at radius 3 is 1.14 bits per heavy atom. The second kappa shape index (κ2) is 12.3. The number of phenolic OH excluding ortho intramolecular Hbond substituents is 2. The van der Waals surface area contributed by atoms with Crippen molar-refractivity contribution in [2.75, 3.05) is 28.4 Å². The first-order chi connectivity index (χ1) is 20.1. The molecule has 0 aromatic heterocycles. The molecule has 0 unspecified atom stereocenters. The van der Waals surface area contributed by atoms with Gasteiger partial charge in [0.05, 0.1) is 39.6 Å². The van der Waals surface area contributed by atoms with Crippen LogP contribution in [0.2, 0.25) is 0 Å². The average molecular weight is 571 g/mol. The van der Waals surface area contributed by atoms with Crippen molar-refractivity contribution >= 4 is 23.1 Å². The van der Waals surface area contributed by atoms with Gasteiger partial charge in [0.15, 0.2) is 0 Å². The molecule has 10 nitrogen and oxygen atoms in total. The topological polar surface area (TPSA) is 146 Å². The molecule has 0 atom stereocenters. The molecule has 0 amide bonds. The van der Waals surface area contributed by atoms with Gasteiger partial charge in [-0.3, -0.25) is 19.2 Å². The van der Waals surface area contributed by atoms with Gasteiger partial charge in [-0.15, -0.1) is 0 Å². The lowest BCUT2D eigenvalue weighted by Gasteiger charge is -2.18. The first-order valence-electron chi connectivity index (χ1n) is 12.4. The summed E-state index contributed by atoms with van der Waals surface area (Å²) in [5, 5.41) is 19.4. The molecule has 0 fully saturated rings. The molecule has 2 N–H and O–H groups in total. The molecule has 0 bridgehead atoms.